The zero-order chi connectivity index (χ0) is 16.0. The molecule has 0 aromatic carbocycles. The third kappa shape index (κ3) is 4.96. The van der Waals surface area contributed by atoms with Crippen LogP contribution in [-0.4, -0.2) is 49.2 Å². The minimum absolute atomic E-state index is 0.165. The van der Waals surface area contributed by atoms with E-state index in [9.17, 15) is 4.79 Å². The summed E-state index contributed by atoms with van der Waals surface area (Å²) in [6.07, 6.45) is 6.01. The molecule has 0 aliphatic heterocycles. The number of nitrogens with zero attached hydrogens (tertiary/aromatic N) is 1. The first-order chi connectivity index (χ1) is 9.84. The van der Waals surface area contributed by atoms with E-state index in [1.165, 1.54) is 32.8 Å². The molecule has 0 aromatic rings. The topological polar surface area (TPSA) is 41.6 Å². The maximum atomic E-state index is 12.1. The van der Waals surface area contributed by atoms with Gasteiger partial charge in [-0.2, -0.15) is 0 Å². The molecule has 21 heavy (non-hydrogen) atoms. The Bertz CT molecular complexity index is 335. The lowest BCUT2D eigenvalue weighted by Crippen LogP contribution is -2.54. The number of carbonyl (C=O) groups is 1. The zero-order valence-electron chi connectivity index (χ0n) is 14.7. The third-order valence-electron chi connectivity index (χ3n) is 5.09. The first-order valence-electron chi connectivity index (χ1n) is 8.39. The molecule has 0 saturated heterocycles. The van der Waals surface area contributed by atoms with E-state index in [2.05, 4.69) is 31.1 Å². The molecule has 1 fully saturated rings. The van der Waals surface area contributed by atoms with E-state index in [0.29, 0.717) is 12.1 Å². The SMILES string of the molecule is CCNC(C)(CC(C)N(C)C1CCCC(C)C1)C(=O)OC. The van der Waals surface area contributed by atoms with Gasteiger partial charge in [0.15, 0.2) is 0 Å². The van der Waals surface area contributed by atoms with Crippen LogP contribution in [0.15, 0.2) is 0 Å². The lowest BCUT2D eigenvalue weighted by atomic mass is 9.85. The number of rotatable bonds is 7. The largest absolute Gasteiger partial charge is 0.468 e. The minimum Gasteiger partial charge on any atom is -0.468 e. The number of methoxy groups -OCH3 is 1. The molecule has 0 heterocycles. The van der Waals surface area contributed by atoms with Crippen LogP contribution in [0.3, 0.4) is 0 Å². The molecule has 1 aliphatic carbocycles. The fourth-order valence-corrected chi connectivity index (χ4v) is 3.71. The molecular formula is C17H34N2O2. The Labute approximate surface area is 130 Å². The van der Waals surface area contributed by atoms with E-state index >= 15 is 0 Å². The van der Waals surface area contributed by atoms with Crippen LogP contribution in [0.2, 0.25) is 0 Å². The second kappa shape index (κ2) is 8.14. The average Bonchev–Trinajstić information content (AvgIpc) is 2.45. The molecule has 124 valence electrons. The normalized spacial score (nSPS) is 27.2. The summed E-state index contributed by atoms with van der Waals surface area (Å²) in [5.74, 6) is 0.653. The first-order valence-corrected chi connectivity index (χ1v) is 8.39. The van der Waals surface area contributed by atoms with E-state index in [4.69, 9.17) is 4.74 Å². The standard InChI is InChI=1S/C17H34N2O2/c1-7-18-17(4,16(20)21-6)12-14(3)19(5)15-10-8-9-13(2)11-15/h13-15,18H,7-12H2,1-6H3. The van der Waals surface area contributed by atoms with Gasteiger partial charge in [-0.25, -0.2) is 0 Å². The van der Waals surface area contributed by atoms with Gasteiger partial charge in [0.25, 0.3) is 0 Å². The fourth-order valence-electron chi connectivity index (χ4n) is 3.71. The molecule has 0 amide bonds. The van der Waals surface area contributed by atoms with E-state index in [-0.39, 0.29) is 5.97 Å². The van der Waals surface area contributed by atoms with E-state index in [1.54, 1.807) is 0 Å². The van der Waals surface area contributed by atoms with Gasteiger partial charge < -0.3 is 15.0 Å². The molecule has 1 aliphatic rings. The predicted molar refractivity (Wildman–Crippen MR) is 87.4 cm³/mol. The van der Waals surface area contributed by atoms with Crippen LogP contribution in [0.1, 0.15) is 59.8 Å². The van der Waals surface area contributed by atoms with Gasteiger partial charge in [-0.05, 0) is 52.6 Å². The van der Waals surface area contributed by atoms with E-state index < -0.39 is 5.54 Å². The second-order valence-electron chi connectivity index (χ2n) is 7.00. The molecule has 0 radical (unpaired) electrons. The molecule has 0 aromatic heterocycles. The van der Waals surface area contributed by atoms with Crippen molar-refractivity contribution < 1.29 is 9.53 Å². The molecular weight excluding hydrogens is 264 g/mol. The number of hydrogen-bond donors (Lipinski definition) is 1. The van der Waals surface area contributed by atoms with Gasteiger partial charge in [0.05, 0.1) is 7.11 Å². The van der Waals surface area contributed by atoms with Crippen molar-refractivity contribution in [3.05, 3.63) is 0 Å². The summed E-state index contributed by atoms with van der Waals surface area (Å²) < 4.78 is 4.99. The highest BCUT2D eigenvalue weighted by Crippen LogP contribution is 2.29. The zero-order valence-corrected chi connectivity index (χ0v) is 14.7. The lowest BCUT2D eigenvalue weighted by molar-refractivity contribution is -0.148. The van der Waals surface area contributed by atoms with Crippen LogP contribution >= 0.6 is 0 Å². The van der Waals surface area contributed by atoms with Crippen molar-refractivity contribution in [2.75, 3.05) is 20.7 Å². The Morgan fingerprint density at radius 3 is 2.67 bits per heavy atom. The molecule has 4 unspecified atom stereocenters. The van der Waals surface area contributed by atoms with E-state index in [1.807, 2.05) is 13.8 Å². The lowest BCUT2D eigenvalue weighted by Gasteiger charge is -2.40. The van der Waals surface area contributed by atoms with Crippen molar-refractivity contribution in [3.8, 4) is 0 Å². The molecule has 1 rings (SSSR count). The first kappa shape index (κ1) is 18.4. The Balaban J connectivity index is 2.67. The van der Waals surface area contributed by atoms with Gasteiger partial charge in [0, 0.05) is 12.1 Å². The highest BCUT2D eigenvalue weighted by atomic mass is 16.5. The van der Waals surface area contributed by atoms with Gasteiger partial charge in [-0.3, -0.25) is 4.79 Å². The quantitative estimate of drug-likeness (QED) is 0.734. The highest BCUT2D eigenvalue weighted by molar-refractivity contribution is 5.80. The molecule has 1 N–H and O–H groups in total. The maximum absolute atomic E-state index is 12.1. The van der Waals surface area contributed by atoms with E-state index in [0.717, 1.165) is 18.9 Å². The van der Waals surface area contributed by atoms with Crippen molar-refractivity contribution in [2.24, 2.45) is 5.92 Å². The Kier molecular flexibility index (Phi) is 7.14. The summed E-state index contributed by atoms with van der Waals surface area (Å²) in [5.41, 5.74) is -0.600. The highest BCUT2D eigenvalue weighted by Gasteiger charge is 2.37. The summed E-state index contributed by atoms with van der Waals surface area (Å²) in [6.45, 7) is 9.32. The smallest absolute Gasteiger partial charge is 0.325 e. The Morgan fingerprint density at radius 1 is 1.48 bits per heavy atom. The summed E-state index contributed by atoms with van der Waals surface area (Å²) in [4.78, 5) is 14.6. The number of nitrogens with one attached hydrogen (secondary N) is 1. The van der Waals surface area contributed by atoms with Crippen molar-refractivity contribution in [2.45, 2.75) is 77.4 Å². The Hall–Kier alpha value is -0.610. The van der Waals surface area contributed by atoms with Crippen LogP contribution in [0.5, 0.6) is 0 Å². The second-order valence-corrected chi connectivity index (χ2v) is 7.00. The number of likely N-dealkylation sites (N-methyl/N-ethyl adjacent to an activating group) is 1. The van der Waals surface area contributed by atoms with Crippen LogP contribution < -0.4 is 5.32 Å². The van der Waals surface area contributed by atoms with Gasteiger partial charge >= 0.3 is 5.97 Å². The summed E-state index contributed by atoms with van der Waals surface area (Å²) in [6, 6.07) is 0.996. The minimum atomic E-state index is -0.600. The average molecular weight is 298 g/mol. The van der Waals surface area contributed by atoms with Gasteiger partial charge in [0.1, 0.15) is 5.54 Å². The van der Waals surface area contributed by atoms with Crippen LogP contribution in [0, 0.1) is 5.92 Å². The molecule has 1 saturated carbocycles. The van der Waals surface area contributed by atoms with Crippen molar-refractivity contribution in [3.63, 3.8) is 0 Å². The van der Waals surface area contributed by atoms with Gasteiger partial charge in [0.2, 0.25) is 0 Å². The molecule has 4 atom stereocenters. The molecule has 4 nitrogen and oxygen atoms in total. The summed E-state index contributed by atoms with van der Waals surface area (Å²) >= 11 is 0. The molecule has 0 bridgehead atoms. The third-order valence-corrected chi connectivity index (χ3v) is 5.09. The summed E-state index contributed by atoms with van der Waals surface area (Å²) in [5, 5.41) is 3.31. The number of ether oxygens (including phenoxy) is 1. The Morgan fingerprint density at radius 2 is 2.14 bits per heavy atom. The van der Waals surface area contributed by atoms with Crippen molar-refractivity contribution in [1.29, 1.82) is 0 Å². The van der Waals surface area contributed by atoms with Gasteiger partial charge in [-0.15, -0.1) is 0 Å². The summed E-state index contributed by atoms with van der Waals surface area (Å²) in [7, 11) is 3.67. The monoisotopic (exact) mass is 298 g/mol. The number of hydrogen-bond acceptors (Lipinski definition) is 4. The molecule has 0 spiro atoms. The number of esters is 1. The van der Waals surface area contributed by atoms with Gasteiger partial charge in [-0.1, -0.05) is 26.7 Å². The van der Waals surface area contributed by atoms with Crippen molar-refractivity contribution in [1.82, 2.24) is 10.2 Å². The maximum Gasteiger partial charge on any atom is 0.325 e. The number of carbonyl (C=O) groups excluding carboxylic acids is 1. The van der Waals surface area contributed by atoms with Crippen LogP contribution in [-0.2, 0) is 9.53 Å². The van der Waals surface area contributed by atoms with Crippen molar-refractivity contribution >= 4 is 5.97 Å². The van der Waals surface area contributed by atoms with Crippen LogP contribution in [0.25, 0.3) is 0 Å². The predicted octanol–water partition coefficient (Wildman–Crippen LogP) is 2.82. The van der Waals surface area contributed by atoms with Crippen LogP contribution in [0.4, 0.5) is 0 Å². The molecule has 4 heteroatoms. The fraction of sp³-hybridized carbons (Fsp3) is 0.941.